The molecule has 0 spiro atoms. The van der Waals surface area contributed by atoms with Gasteiger partial charge in [0.2, 0.25) is 5.91 Å². The molecule has 1 heterocycles. The van der Waals surface area contributed by atoms with Crippen molar-refractivity contribution in [3.8, 4) is 0 Å². The summed E-state index contributed by atoms with van der Waals surface area (Å²) < 4.78 is 0. The van der Waals surface area contributed by atoms with Crippen LogP contribution in [0, 0.1) is 11.3 Å². The van der Waals surface area contributed by atoms with E-state index in [0.717, 1.165) is 18.5 Å². The summed E-state index contributed by atoms with van der Waals surface area (Å²) in [5.41, 5.74) is -0.422. The number of rotatable bonds is 6. The standard InChI is InChI=1S/C18H24N2O4/c21-15-8-9-20(11-16(22)19-14-4-2-1-3-5-14)12-18(15,17(23)24)10-13-6-7-13/h1-5,13,15,21H,6-12H2,(H,19,22)(H,23,24)/t15-,18-/m0/s1. The smallest absolute Gasteiger partial charge is 0.313 e. The number of anilines is 1. The highest BCUT2D eigenvalue weighted by atomic mass is 16.4. The second kappa shape index (κ2) is 6.91. The van der Waals surface area contributed by atoms with Gasteiger partial charge in [0, 0.05) is 18.8 Å². The van der Waals surface area contributed by atoms with Crippen LogP contribution in [0.2, 0.25) is 0 Å². The molecule has 0 aromatic heterocycles. The number of nitrogens with zero attached hydrogens (tertiary/aromatic N) is 1. The molecule has 1 aromatic carbocycles. The number of aliphatic carboxylic acids is 1. The lowest BCUT2D eigenvalue weighted by molar-refractivity contribution is -0.165. The molecule has 0 unspecified atom stereocenters. The van der Waals surface area contributed by atoms with E-state index in [0.29, 0.717) is 25.3 Å². The molecule has 2 fully saturated rings. The van der Waals surface area contributed by atoms with Gasteiger partial charge in [-0.05, 0) is 30.9 Å². The first-order valence-corrected chi connectivity index (χ1v) is 8.48. The van der Waals surface area contributed by atoms with Gasteiger partial charge in [0.05, 0.1) is 12.6 Å². The summed E-state index contributed by atoms with van der Waals surface area (Å²) in [5, 5.41) is 22.9. The van der Waals surface area contributed by atoms with Gasteiger partial charge in [0.25, 0.3) is 0 Å². The highest BCUT2D eigenvalue weighted by molar-refractivity contribution is 5.92. The van der Waals surface area contributed by atoms with E-state index in [2.05, 4.69) is 5.32 Å². The number of hydrogen-bond acceptors (Lipinski definition) is 4. The Morgan fingerprint density at radius 1 is 1.21 bits per heavy atom. The van der Waals surface area contributed by atoms with Crippen LogP contribution >= 0.6 is 0 Å². The monoisotopic (exact) mass is 332 g/mol. The van der Waals surface area contributed by atoms with Crippen molar-refractivity contribution < 1.29 is 19.8 Å². The first kappa shape index (κ1) is 16.9. The molecule has 1 aliphatic heterocycles. The van der Waals surface area contributed by atoms with Crippen LogP contribution in [0.4, 0.5) is 5.69 Å². The lowest BCUT2D eigenvalue weighted by atomic mass is 9.73. The van der Waals surface area contributed by atoms with Crippen molar-refractivity contribution in [1.82, 2.24) is 4.90 Å². The van der Waals surface area contributed by atoms with Gasteiger partial charge in [0.15, 0.2) is 0 Å². The summed E-state index contributed by atoms with van der Waals surface area (Å²) in [6, 6.07) is 9.19. The van der Waals surface area contributed by atoms with Crippen molar-refractivity contribution in [2.45, 2.75) is 31.8 Å². The molecule has 3 rings (SSSR count). The fourth-order valence-electron chi connectivity index (χ4n) is 3.56. The Labute approximate surface area is 141 Å². The zero-order chi connectivity index (χ0) is 17.2. The van der Waals surface area contributed by atoms with Gasteiger partial charge >= 0.3 is 5.97 Å². The largest absolute Gasteiger partial charge is 0.481 e. The molecule has 0 bridgehead atoms. The quantitative estimate of drug-likeness (QED) is 0.735. The van der Waals surface area contributed by atoms with Crippen molar-refractivity contribution in [2.24, 2.45) is 11.3 Å². The van der Waals surface area contributed by atoms with Crippen LogP contribution in [0.5, 0.6) is 0 Å². The highest BCUT2D eigenvalue weighted by Gasteiger charge is 2.51. The number of carbonyl (C=O) groups excluding carboxylic acids is 1. The Kier molecular flexibility index (Phi) is 4.87. The summed E-state index contributed by atoms with van der Waals surface area (Å²) in [6.07, 6.45) is 2.12. The molecule has 130 valence electrons. The van der Waals surface area contributed by atoms with Crippen LogP contribution in [0.3, 0.4) is 0 Å². The van der Waals surface area contributed by atoms with Crippen LogP contribution < -0.4 is 5.32 Å². The number of nitrogens with one attached hydrogen (secondary N) is 1. The van der Waals surface area contributed by atoms with Crippen molar-refractivity contribution in [3.63, 3.8) is 0 Å². The number of carboxylic acid groups (broad SMARTS) is 1. The zero-order valence-electron chi connectivity index (χ0n) is 13.6. The minimum absolute atomic E-state index is 0.140. The molecule has 1 saturated heterocycles. The Morgan fingerprint density at radius 3 is 2.54 bits per heavy atom. The summed E-state index contributed by atoms with van der Waals surface area (Å²) in [5.74, 6) is -0.716. The van der Waals surface area contributed by atoms with E-state index in [-0.39, 0.29) is 19.0 Å². The van der Waals surface area contributed by atoms with E-state index >= 15 is 0 Å². The van der Waals surface area contributed by atoms with Gasteiger partial charge < -0.3 is 15.5 Å². The highest BCUT2D eigenvalue weighted by Crippen LogP contribution is 2.45. The number of aliphatic hydroxyl groups is 1. The SMILES string of the molecule is O=C(CN1CC[C@H](O)[C@@](CC2CC2)(C(=O)O)C1)Nc1ccccc1. The predicted octanol–water partition coefficient (Wildman–Crippen LogP) is 1.56. The Morgan fingerprint density at radius 2 is 1.92 bits per heavy atom. The number of carbonyl (C=O) groups is 2. The third-order valence-electron chi connectivity index (χ3n) is 5.06. The Hall–Kier alpha value is -1.92. The van der Waals surface area contributed by atoms with Crippen molar-refractivity contribution >= 4 is 17.6 Å². The number of para-hydroxylation sites is 1. The van der Waals surface area contributed by atoms with E-state index in [1.165, 1.54) is 0 Å². The van der Waals surface area contributed by atoms with E-state index in [1.54, 1.807) is 0 Å². The number of piperidine rings is 1. The Bertz CT molecular complexity index is 602. The molecule has 1 saturated carbocycles. The average molecular weight is 332 g/mol. The normalized spacial score (nSPS) is 27.6. The maximum atomic E-state index is 12.2. The molecule has 1 aromatic rings. The van der Waals surface area contributed by atoms with Crippen LogP contribution in [-0.4, -0.2) is 52.7 Å². The van der Waals surface area contributed by atoms with E-state index in [4.69, 9.17) is 0 Å². The number of carboxylic acids is 1. The molecular formula is C18H24N2O4. The van der Waals surface area contributed by atoms with Crippen LogP contribution in [0.1, 0.15) is 25.7 Å². The number of benzene rings is 1. The van der Waals surface area contributed by atoms with E-state index in [9.17, 15) is 19.8 Å². The average Bonchev–Trinajstić information content (AvgIpc) is 3.35. The third kappa shape index (κ3) is 3.76. The van der Waals surface area contributed by atoms with Crippen LogP contribution in [0.15, 0.2) is 30.3 Å². The molecule has 2 atom stereocenters. The maximum absolute atomic E-state index is 12.2. The second-order valence-electron chi connectivity index (χ2n) is 7.04. The summed E-state index contributed by atoms with van der Waals surface area (Å²) in [6.45, 7) is 0.895. The van der Waals surface area contributed by atoms with Gasteiger partial charge in [-0.1, -0.05) is 31.0 Å². The maximum Gasteiger partial charge on any atom is 0.313 e. The van der Waals surface area contributed by atoms with Crippen molar-refractivity contribution in [3.05, 3.63) is 30.3 Å². The topological polar surface area (TPSA) is 89.9 Å². The van der Waals surface area contributed by atoms with Crippen LogP contribution in [0.25, 0.3) is 0 Å². The fraction of sp³-hybridized carbons (Fsp3) is 0.556. The van der Waals surface area contributed by atoms with Gasteiger partial charge in [-0.2, -0.15) is 0 Å². The fourth-order valence-corrected chi connectivity index (χ4v) is 3.56. The minimum Gasteiger partial charge on any atom is -0.481 e. The van der Waals surface area contributed by atoms with E-state index in [1.807, 2.05) is 35.2 Å². The summed E-state index contributed by atoms with van der Waals surface area (Å²) in [4.78, 5) is 25.9. The van der Waals surface area contributed by atoms with Gasteiger partial charge in [-0.25, -0.2) is 0 Å². The number of hydrogen-bond donors (Lipinski definition) is 3. The number of amides is 1. The molecule has 2 aliphatic rings. The van der Waals surface area contributed by atoms with E-state index < -0.39 is 17.5 Å². The van der Waals surface area contributed by atoms with Gasteiger partial charge in [-0.15, -0.1) is 0 Å². The number of aliphatic hydroxyl groups excluding tert-OH is 1. The molecule has 1 amide bonds. The van der Waals surface area contributed by atoms with Crippen molar-refractivity contribution in [2.75, 3.05) is 25.0 Å². The molecule has 1 aliphatic carbocycles. The minimum atomic E-state index is -1.15. The van der Waals surface area contributed by atoms with Crippen LogP contribution in [-0.2, 0) is 9.59 Å². The Balaban J connectivity index is 1.63. The second-order valence-corrected chi connectivity index (χ2v) is 7.04. The first-order valence-electron chi connectivity index (χ1n) is 8.48. The first-order chi connectivity index (χ1) is 11.5. The molecule has 6 nitrogen and oxygen atoms in total. The number of likely N-dealkylation sites (tertiary alicyclic amines) is 1. The summed E-state index contributed by atoms with van der Waals surface area (Å²) in [7, 11) is 0. The van der Waals surface area contributed by atoms with Crippen molar-refractivity contribution in [1.29, 1.82) is 0 Å². The molecule has 3 N–H and O–H groups in total. The molecule has 6 heteroatoms. The third-order valence-corrected chi connectivity index (χ3v) is 5.06. The predicted molar refractivity (Wildman–Crippen MR) is 89.5 cm³/mol. The van der Waals surface area contributed by atoms with Gasteiger partial charge in [-0.3, -0.25) is 14.5 Å². The molecule has 24 heavy (non-hydrogen) atoms. The summed E-state index contributed by atoms with van der Waals surface area (Å²) >= 11 is 0. The molecular weight excluding hydrogens is 308 g/mol. The molecule has 0 radical (unpaired) electrons. The zero-order valence-corrected chi connectivity index (χ0v) is 13.6. The lowest BCUT2D eigenvalue weighted by Crippen LogP contribution is -2.57. The van der Waals surface area contributed by atoms with Gasteiger partial charge in [0.1, 0.15) is 5.41 Å². The lowest BCUT2D eigenvalue weighted by Gasteiger charge is -2.43.